The summed E-state index contributed by atoms with van der Waals surface area (Å²) in [6.07, 6.45) is 0. The fourth-order valence-corrected chi connectivity index (χ4v) is 2.51. The van der Waals surface area contributed by atoms with Crippen molar-refractivity contribution in [3.8, 4) is 5.75 Å². The molecule has 3 nitrogen and oxygen atoms in total. The van der Waals surface area contributed by atoms with Crippen molar-refractivity contribution < 1.29 is 13.9 Å². The van der Waals surface area contributed by atoms with Crippen LogP contribution in [0.1, 0.15) is 16.7 Å². The smallest absolute Gasteiger partial charge is 0.263 e. The Labute approximate surface area is 145 Å². The van der Waals surface area contributed by atoms with E-state index in [2.05, 4.69) is 10.1 Å². The van der Waals surface area contributed by atoms with Gasteiger partial charge in [-0.25, -0.2) is 4.39 Å². The van der Waals surface area contributed by atoms with E-state index in [0.29, 0.717) is 10.7 Å². The van der Waals surface area contributed by atoms with E-state index in [-0.39, 0.29) is 11.8 Å². The Morgan fingerprint density at radius 3 is 2.74 bits per heavy atom. The van der Waals surface area contributed by atoms with Gasteiger partial charge in [-0.15, -0.1) is 0 Å². The molecule has 2 aromatic rings. The van der Waals surface area contributed by atoms with Gasteiger partial charge in [-0.1, -0.05) is 35.4 Å². The summed E-state index contributed by atoms with van der Waals surface area (Å²) in [6, 6.07) is 11.3. The number of benzene rings is 2. The Morgan fingerprint density at radius 2 is 2.04 bits per heavy atom. The molecule has 0 aliphatic carbocycles. The van der Waals surface area contributed by atoms with Crippen LogP contribution in [-0.2, 0) is 11.3 Å². The molecule has 0 unspecified atom stereocenters. The van der Waals surface area contributed by atoms with Crippen molar-refractivity contribution in [1.82, 2.24) is 0 Å². The molecule has 6 heteroatoms. The zero-order chi connectivity index (χ0) is 16.8. The van der Waals surface area contributed by atoms with Crippen molar-refractivity contribution >= 4 is 34.7 Å². The molecule has 0 aromatic heterocycles. The van der Waals surface area contributed by atoms with Crippen molar-refractivity contribution in [3.63, 3.8) is 0 Å². The molecule has 0 spiro atoms. The van der Waals surface area contributed by atoms with E-state index in [0.717, 1.165) is 16.9 Å². The van der Waals surface area contributed by atoms with E-state index in [1.165, 1.54) is 5.56 Å². The molecule has 122 valence electrons. The summed E-state index contributed by atoms with van der Waals surface area (Å²) in [5, 5.41) is 3.29. The summed E-state index contributed by atoms with van der Waals surface area (Å²) in [5.74, 6) is 0.782. The van der Waals surface area contributed by atoms with Crippen molar-refractivity contribution in [1.29, 1.82) is 0 Å². The number of nitrogens with one attached hydrogen (secondary N) is 1. The average molecular weight is 354 g/mol. The van der Waals surface area contributed by atoms with E-state index < -0.39 is 6.86 Å². The lowest BCUT2D eigenvalue weighted by Crippen LogP contribution is -2.14. The van der Waals surface area contributed by atoms with E-state index in [9.17, 15) is 4.39 Å². The fraction of sp³-hybridized carbons (Fsp3) is 0.235. The molecule has 1 N–H and O–H groups in total. The Kier molecular flexibility index (Phi) is 6.19. The minimum absolute atomic E-state index is 0.0532. The highest BCUT2D eigenvalue weighted by Crippen LogP contribution is 2.27. The maximum atomic E-state index is 12.2. The number of halogens is 2. The normalized spacial score (nSPS) is 10.3. The summed E-state index contributed by atoms with van der Waals surface area (Å²) in [5.41, 5.74) is 3.56. The summed E-state index contributed by atoms with van der Waals surface area (Å²) >= 11 is 11.1. The molecule has 0 bridgehead atoms. The van der Waals surface area contributed by atoms with Gasteiger partial charge in [0.2, 0.25) is 6.86 Å². The molecular weight excluding hydrogens is 337 g/mol. The molecule has 2 aromatic carbocycles. The topological polar surface area (TPSA) is 30.5 Å². The first-order chi connectivity index (χ1) is 11.0. The molecule has 0 atom stereocenters. The first-order valence-corrected chi connectivity index (χ1v) is 7.77. The number of ether oxygens (including phenoxy) is 2. The van der Waals surface area contributed by atoms with Crippen molar-refractivity contribution in [2.24, 2.45) is 0 Å². The SMILES string of the molecule is Cc1ccc(OCc2c(Cl)cccc2NC(=S)OCF)c(C)c1. The standard InChI is InChI=1S/C17H17ClFNO2S/c1-11-6-7-16(12(2)8-11)21-9-13-14(18)4-3-5-15(13)20-17(23)22-10-19/h3-8H,9-10H2,1-2H3,(H,20,23). The molecular formula is C17H17ClFNO2S. The number of hydrogen-bond acceptors (Lipinski definition) is 3. The second-order valence-corrected chi connectivity index (χ2v) is 5.77. The lowest BCUT2D eigenvalue weighted by Gasteiger charge is -2.15. The second kappa shape index (κ2) is 8.13. The summed E-state index contributed by atoms with van der Waals surface area (Å²) in [4.78, 5) is 0. The monoisotopic (exact) mass is 353 g/mol. The molecule has 0 saturated carbocycles. The fourth-order valence-electron chi connectivity index (χ4n) is 2.13. The van der Waals surface area contributed by atoms with Crippen LogP contribution in [0.15, 0.2) is 36.4 Å². The van der Waals surface area contributed by atoms with Crippen LogP contribution in [0, 0.1) is 13.8 Å². The van der Waals surface area contributed by atoms with Crippen LogP contribution in [0.4, 0.5) is 10.1 Å². The van der Waals surface area contributed by atoms with Gasteiger partial charge in [0.25, 0.3) is 5.17 Å². The third-order valence-electron chi connectivity index (χ3n) is 3.24. The Bertz CT molecular complexity index is 709. The van der Waals surface area contributed by atoms with Gasteiger partial charge in [-0.2, -0.15) is 0 Å². The van der Waals surface area contributed by atoms with E-state index in [4.69, 9.17) is 28.6 Å². The van der Waals surface area contributed by atoms with Crippen LogP contribution in [0.25, 0.3) is 0 Å². The van der Waals surface area contributed by atoms with Gasteiger partial charge in [-0.3, -0.25) is 0 Å². The Balaban J connectivity index is 2.16. The first-order valence-electron chi connectivity index (χ1n) is 6.98. The minimum Gasteiger partial charge on any atom is -0.488 e. The number of rotatable bonds is 5. The maximum absolute atomic E-state index is 12.2. The quantitative estimate of drug-likeness (QED) is 0.750. The predicted molar refractivity (Wildman–Crippen MR) is 95.0 cm³/mol. The largest absolute Gasteiger partial charge is 0.488 e. The minimum atomic E-state index is -0.985. The zero-order valence-corrected chi connectivity index (χ0v) is 14.4. The third-order valence-corrected chi connectivity index (χ3v) is 3.82. The number of hydrogen-bond donors (Lipinski definition) is 1. The van der Waals surface area contributed by atoms with Gasteiger partial charge in [0, 0.05) is 16.3 Å². The van der Waals surface area contributed by atoms with Crippen LogP contribution < -0.4 is 10.1 Å². The van der Waals surface area contributed by atoms with Crippen molar-refractivity contribution in [3.05, 3.63) is 58.1 Å². The highest BCUT2D eigenvalue weighted by Gasteiger charge is 2.11. The number of aryl methyl sites for hydroxylation is 2. The van der Waals surface area contributed by atoms with Crippen LogP contribution >= 0.6 is 23.8 Å². The number of anilines is 1. The summed E-state index contributed by atoms with van der Waals surface area (Å²) in [6.45, 7) is 3.28. The Hall–Kier alpha value is -1.85. The van der Waals surface area contributed by atoms with Crippen LogP contribution in [-0.4, -0.2) is 12.0 Å². The highest BCUT2D eigenvalue weighted by molar-refractivity contribution is 7.80. The molecule has 2 rings (SSSR count). The van der Waals surface area contributed by atoms with Crippen LogP contribution in [0.3, 0.4) is 0 Å². The predicted octanol–water partition coefficient (Wildman–Crippen LogP) is 5.18. The summed E-state index contributed by atoms with van der Waals surface area (Å²) < 4.78 is 22.6. The third kappa shape index (κ3) is 4.81. The summed E-state index contributed by atoms with van der Waals surface area (Å²) in [7, 11) is 0. The molecule has 0 saturated heterocycles. The van der Waals surface area contributed by atoms with Gasteiger partial charge < -0.3 is 14.8 Å². The van der Waals surface area contributed by atoms with E-state index >= 15 is 0 Å². The molecule has 0 amide bonds. The van der Waals surface area contributed by atoms with Gasteiger partial charge in [0.1, 0.15) is 12.4 Å². The van der Waals surface area contributed by atoms with Crippen molar-refractivity contribution in [2.75, 3.05) is 12.2 Å². The molecule has 0 aliphatic rings. The molecule has 0 fully saturated rings. The average Bonchev–Trinajstić information content (AvgIpc) is 2.48. The van der Waals surface area contributed by atoms with E-state index in [1.807, 2.05) is 32.0 Å². The highest BCUT2D eigenvalue weighted by atomic mass is 35.5. The molecule has 23 heavy (non-hydrogen) atoms. The molecule has 0 radical (unpaired) electrons. The Morgan fingerprint density at radius 1 is 1.26 bits per heavy atom. The second-order valence-electron chi connectivity index (χ2n) is 4.99. The van der Waals surface area contributed by atoms with E-state index in [1.54, 1.807) is 18.2 Å². The molecule has 0 heterocycles. The lowest BCUT2D eigenvalue weighted by atomic mass is 10.1. The van der Waals surface area contributed by atoms with Gasteiger partial charge >= 0.3 is 0 Å². The van der Waals surface area contributed by atoms with Crippen molar-refractivity contribution in [2.45, 2.75) is 20.5 Å². The lowest BCUT2D eigenvalue weighted by molar-refractivity contribution is 0.184. The van der Waals surface area contributed by atoms with Gasteiger partial charge in [-0.05, 0) is 49.8 Å². The number of alkyl halides is 1. The van der Waals surface area contributed by atoms with Gasteiger partial charge in [0.15, 0.2) is 0 Å². The number of thiocarbonyl (C=S) groups is 1. The first kappa shape index (κ1) is 17.5. The zero-order valence-electron chi connectivity index (χ0n) is 12.9. The van der Waals surface area contributed by atoms with Gasteiger partial charge in [0.05, 0.1) is 0 Å². The van der Waals surface area contributed by atoms with Crippen LogP contribution in [0.5, 0.6) is 5.75 Å². The van der Waals surface area contributed by atoms with Crippen LogP contribution in [0.2, 0.25) is 5.02 Å². The maximum Gasteiger partial charge on any atom is 0.263 e. The molecule has 0 aliphatic heterocycles.